The molecule has 140 valence electrons. The van der Waals surface area contributed by atoms with E-state index in [4.69, 9.17) is 4.42 Å². The van der Waals surface area contributed by atoms with Gasteiger partial charge in [0.25, 0.3) is 5.91 Å². The summed E-state index contributed by atoms with van der Waals surface area (Å²) in [4.78, 5) is 29.0. The van der Waals surface area contributed by atoms with Crippen LogP contribution in [0.15, 0.2) is 64.6 Å². The molecule has 2 amide bonds. The average Bonchev–Trinajstić information content (AvgIpc) is 3.37. The van der Waals surface area contributed by atoms with E-state index in [1.165, 1.54) is 11.8 Å². The molecular formula is C19H20N4O3S. The summed E-state index contributed by atoms with van der Waals surface area (Å²) < 4.78 is 7.07. The molecule has 0 saturated carbocycles. The summed E-state index contributed by atoms with van der Waals surface area (Å²) >= 11 is 1.52. The summed E-state index contributed by atoms with van der Waals surface area (Å²) in [5.74, 6) is 0.0537. The van der Waals surface area contributed by atoms with Gasteiger partial charge in [0, 0.05) is 23.6 Å². The number of carbonyl (C=O) groups excluding carboxylic acids is 2. The molecule has 3 rings (SSSR count). The Morgan fingerprint density at radius 2 is 2.15 bits per heavy atom. The second kappa shape index (κ2) is 8.59. The van der Waals surface area contributed by atoms with Crippen molar-refractivity contribution in [3.05, 3.63) is 66.4 Å². The van der Waals surface area contributed by atoms with Crippen LogP contribution in [0, 0.1) is 0 Å². The third-order valence-corrected chi connectivity index (χ3v) is 4.60. The van der Waals surface area contributed by atoms with Crippen molar-refractivity contribution in [1.82, 2.24) is 20.2 Å². The number of nitrogens with zero attached hydrogens (tertiary/aromatic N) is 2. The van der Waals surface area contributed by atoms with E-state index >= 15 is 0 Å². The van der Waals surface area contributed by atoms with Gasteiger partial charge in [-0.15, -0.1) is 0 Å². The minimum atomic E-state index is -0.675. The molecule has 2 N–H and O–H groups in total. The zero-order chi connectivity index (χ0) is 19.2. The standard InChI is InChI=1S/C19H20N4O3S/c1-13(17(24)21-12-16-7-4-10-26-16)22-18(25)14-5-3-6-15(11-14)23-9-8-20-19(23)27-2/h3-11,13H,12H2,1-2H3,(H,21,24)(H,22,25). The van der Waals surface area contributed by atoms with Gasteiger partial charge in [-0.25, -0.2) is 4.98 Å². The highest BCUT2D eigenvalue weighted by Crippen LogP contribution is 2.19. The van der Waals surface area contributed by atoms with Gasteiger partial charge in [0.05, 0.1) is 12.8 Å². The molecule has 0 aliphatic carbocycles. The monoisotopic (exact) mass is 384 g/mol. The van der Waals surface area contributed by atoms with Crippen LogP contribution < -0.4 is 10.6 Å². The number of imidazole rings is 1. The number of amides is 2. The van der Waals surface area contributed by atoms with E-state index in [9.17, 15) is 9.59 Å². The Kier molecular flexibility index (Phi) is 5.97. The molecule has 0 saturated heterocycles. The molecule has 8 heteroatoms. The van der Waals surface area contributed by atoms with Gasteiger partial charge < -0.3 is 15.1 Å². The second-order valence-corrected chi connectivity index (χ2v) is 6.60. The predicted molar refractivity (Wildman–Crippen MR) is 103 cm³/mol. The predicted octanol–water partition coefficient (Wildman–Crippen LogP) is 2.62. The average molecular weight is 384 g/mol. The minimum Gasteiger partial charge on any atom is -0.467 e. The van der Waals surface area contributed by atoms with Crippen molar-refractivity contribution in [2.45, 2.75) is 24.7 Å². The van der Waals surface area contributed by atoms with Crippen LogP contribution in [-0.4, -0.2) is 33.7 Å². The number of aromatic nitrogens is 2. The summed E-state index contributed by atoms with van der Waals surface area (Å²) in [6, 6.07) is 10.0. The number of thioether (sulfide) groups is 1. The molecule has 0 spiro atoms. The Labute approximate surface area is 161 Å². The fourth-order valence-electron chi connectivity index (χ4n) is 2.52. The molecule has 2 heterocycles. The number of nitrogens with one attached hydrogen (secondary N) is 2. The Morgan fingerprint density at radius 3 is 2.89 bits per heavy atom. The number of furan rings is 1. The van der Waals surface area contributed by atoms with E-state index in [0.29, 0.717) is 11.3 Å². The van der Waals surface area contributed by atoms with Crippen molar-refractivity contribution in [1.29, 1.82) is 0 Å². The summed E-state index contributed by atoms with van der Waals surface area (Å²) in [6.07, 6.45) is 7.04. The smallest absolute Gasteiger partial charge is 0.251 e. The van der Waals surface area contributed by atoms with Gasteiger partial charge in [0.1, 0.15) is 11.8 Å². The highest BCUT2D eigenvalue weighted by Gasteiger charge is 2.17. The van der Waals surface area contributed by atoms with Gasteiger partial charge in [0.2, 0.25) is 5.91 Å². The molecule has 0 bridgehead atoms. The lowest BCUT2D eigenvalue weighted by atomic mass is 10.1. The molecule has 0 aliphatic heterocycles. The SMILES string of the molecule is CSc1nccn1-c1cccc(C(=O)NC(C)C(=O)NCc2ccco2)c1. The van der Waals surface area contributed by atoms with Crippen LogP contribution >= 0.6 is 11.8 Å². The van der Waals surface area contributed by atoms with Crippen molar-refractivity contribution in [2.24, 2.45) is 0 Å². The number of hydrogen-bond acceptors (Lipinski definition) is 5. The largest absolute Gasteiger partial charge is 0.467 e. The molecule has 1 atom stereocenters. The molecule has 0 radical (unpaired) electrons. The van der Waals surface area contributed by atoms with Crippen LogP contribution in [0.1, 0.15) is 23.0 Å². The van der Waals surface area contributed by atoms with Crippen LogP contribution in [0.5, 0.6) is 0 Å². The zero-order valence-electron chi connectivity index (χ0n) is 15.0. The van der Waals surface area contributed by atoms with Crippen LogP contribution in [-0.2, 0) is 11.3 Å². The maximum absolute atomic E-state index is 12.5. The summed E-state index contributed by atoms with van der Waals surface area (Å²) in [7, 11) is 0. The van der Waals surface area contributed by atoms with Gasteiger partial charge in [-0.2, -0.15) is 0 Å². The maximum Gasteiger partial charge on any atom is 0.251 e. The molecule has 1 aromatic carbocycles. The number of hydrogen-bond donors (Lipinski definition) is 2. The number of carbonyl (C=O) groups is 2. The molecule has 27 heavy (non-hydrogen) atoms. The molecule has 1 unspecified atom stereocenters. The van der Waals surface area contributed by atoms with Gasteiger partial charge in [0.15, 0.2) is 5.16 Å². The Morgan fingerprint density at radius 1 is 1.30 bits per heavy atom. The van der Waals surface area contributed by atoms with Gasteiger partial charge in [-0.3, -0.25) is 14.2 Å². The number of benzene rings is 1. The first kappa shape index (κ1) is 18.8. The first-order valence-corrected chi connectivity index (χ1v) is 9.59. The molecule has 0 fully saturated rings. The first-order valence-electron chi connectivity index (χ1n) is 8.37. The van der Waals surface area contributed by atoms with Crippen molar-refractivity contribution in [2.75, 3.05) is 6.26 Å². The van der Waals surface area contributed by atoms with E-state index in [0.717, 1.165) is 10.8 Å². The second-order valence-electron chi connectivity index (χ2n) is 5.83. The van der Waals surface area contributed by atoms with Crippen molar-refractivity contribution in [3.8, 4) is 5.69 Å². The van der Waals surface area contributed by atoms with Gasteiger partial charge in [-0.1, -0.05) is 17.8 Å². The first-order chi connectivity index (χ1) is 13.1. The third-order valence-electron chi connectivity index (χ3n) is 3.93. The fraction of sp³-hybridized carbons (Fsp3) is 0.211. The molecule has 2 aromatic heterocycles. The van der Waals surface area contributed by atoms with Crippen molar-refractivity contribution >= 4 is 23.6 Å². The van der Waals surface area contributed by atoms with E-state index in [-0.39, 0.29) is 18.4 Å². The van der Waals surface area contributed by atoms with E-state index in [1.807, 2.05) is 23.1 Å². The maximum atomic E-state index is 12.5. The topological polar surface area (TPSA) is 89.2 Å². The van der Waals surface area contributed by atoms with Gasteiger partial charge in [-0.05, 0) is 43.5 Å². The lowest BCUT2D eigenvalue weighted by Crippen LogP contribution is -2.44. The normalized spacial score (nSPS) is 11.8. The highest BCUT2D eigenvalue weighted by atomic mass is 32.2. The Bertz CT molecular complexity index is 921. The summed E-state index contributed by atoms with van der Waals surface area (Å²) in [5, 5.41) is 6.28. The highest BCUT2D eigenvalue weighted by molar-refractivity contribution is 7.98. The third kappa shape index (κ3) is 4.59. The van der Waals surface area contributed by atoms with Crippen molar-refractivity contribution < 1.29 is 14.0 Å². The van der Waals surface area contributed by atoms with Crippen LogP contribution in [0.25, 0.3) is 5.69 Å². The molecular weight excluding hydrogens is 364 g/mol. The van der Waals surface area contributed by atoms with E-state index < -0.39 is 6.04 Å². The van der Waals surface area contributed by atoms with Crippen LogP contribution in [0.4, 0.5) is 0 Å². The quantitative estimate of drug-likeness (QED) is 0.611. The van der Waals surface area contributed by atoms with Crippen LogP contribution in [0.3, 0.4) is 0 Å². The number of rotatable bonds is 7. The summed E-state index contributed by atoms with van der Waals surface area (Å²) in [5.41, 5.74) is 1.30. The Hall–Kier alpha value is -3.00. The molecule has 0 aliphatic rings. The van der Waals surface area contributed by atoms with E-state index in [2.05, 4.69) is 15.6 Å². The lowest BCUT2D eigenvalue weighted by Gasteiger charge is -2.14. The van der Waals surface area contributed by atoms with Crippen molar-refractivity contribution in [3.63, 3.8) is 0 Å². The summed E-state index contributed by atoms with van der Waals surface area (Å²) in [6.45, 7) is 1.92. The molecule has 3 aromatic rings. The zero-order valence-corrected chi connectivity index (χ0v) is 15.8. The Balaban J connectivity index is 1.63. The lowest BCUT2D eigenvalue weighted by molar-refractivity contribution is -0.122. The van der Waals surface area contributed by atoms with Gasteiger partial charge >= 0.3 is 0 Å². The fourth-order valence-corrected chi connectivity index (χ4v) is 3.05. The minimum absolute atomic E-state index is 0.277. The molecule has 7 nitrogen and oxygen atoms in total. The van der Waals surface area contributed by atoms with Crippen LogP contribution in [0.2, 0.25) is 0 Å². The van der Waals surface area contributed by atoms with E-state index in [1.54, 1.807) is 49.7 Å².